The van der Waals surface area contributed by atoms with Gasteiger partial charge in [-0.2, -0.15) is 10.2 Å². The Hall–Kier alpha value is -1.78. The van der Waals surface area contributed by atoms with Gasteiger partial charge in [0.15, 0.2) is 0 Å². The minimum absolute atomic E-state index is 0.384. The van der Waals surface area contributed by atoms with Gasteiger partial charge in [0.1, 0.15) is 0 Å². The maximum absolute atomic E-state index is 4.58. The second-order valence-corrected chi connectivity index (χ2v) is 5.32. The van der Waals surface area contributed by atoms with Crippen LogP contribution < -0.4 is 5.32 Å². The van der Waals surface area contributed by atoms with Gasteiger partial charge in [-0.25, -0.2) is 0 Å². The molecule has 0 aromatic carbocycles. The van der Waals surface area contributed by atoms with Crippen LogP contribution in [0.2, 0.25) is 0 Å². The SMILES string of the molecule is Cc1nn(C(C)C)c(C)c1NCc1cnn(C)c1C. The van der Waals surface area contributed by atoms with Crippen molar-refractivity contribution < 1.29 is 0 Å². The summed E-state index contributed by atoms with van der Waals surface area (Å²) in [6.07, 6.45) is 1.92. The molecule has 0 aliphatic carbocycles. The number of nitrogens with zero attached hydrogens (tertiary/aromatic N) is 4. The van der Waals surface area contributed by atoms with Gasteiger partial charge in [0.2, 0.25) is 0 Å². The molecule has 0 saturated carbocycles. The predicted molar refractivity (Wildman–Crippen MR) is 77.4 cm³/mol. The van der Waals surface area contributed by atoms with E-state index < -0.39 is 0 Å². The molecule has 0 unspecified atom stereocenters. The summed E-state index contributed by atoms with van der Waals surface area (Å²) in [5, 5.41) is 12.3. The highest BCUT2D eigenvalue weighted by molar-refractivity contribution is 5.52. The van der Waals surface area contributed by atoms with Gasteiger partial charge in [-0.15, -0.1) is 0 Å². The molecule has 0 atom stereocenters. The van der Waals surface area contributed by atoms with Crippen molar-refractivity contribution in [3.8, 4) is 0 Å². The molecule has 0 fully saturated rings. The fourth-order valence-electron chi connectivity index (χ4n) is 2.32. The monoisotopic (exact) mass is 261 g/mol. The van der Waals surface area contributed by atoms with Gasteiger partial charge in [-0.3, -0.25) is 9.36 Å². The van der Waals surface area contributed by atoms with Crippen LogP contribution in [0.4, 0.5) is 5.69 Å². The molecule has 2 aromatic rings. The quantitative estimate of drug-likeness (QED) is 0.920. The average Bonchev–Trinajstić information content (AvgIpc) is 2.81. The Morgan fingerprint density at radius 1 is 1.21 bits per heavy atom. The summed E-state index contributed by atoms with van der Waals surface area (Å²) in [5.74, 6) is 0. The molecule has 19 heavy (non-hydrogen) atoms. The largest absolute Gasteiger partial charge is 0.378 e. The lowest BCUT2D eigenvalue weighted by molar-refractivity contribution is 0.516. The van der Waals surface area contributed by atoms with E-state index in [9.17, 15) is 0 Å². The van der Waals surface area contributed by atoms with Crippen LogP contribution in [0.25, 0.3) is 0 Å². The molecule has 2 heterocycles. The first-order valence-electron chi connectivity index (χ1n) is 6.68. The molecule has 0 aliphatic rings. The van der Waals surface area contributed by atoms with Crippen molar-refractivity contribution in [2.24, 2.45) is 7.05 Å². The number of rotatable bonds is 4. The normalized spacial score (nSPS) is 11.3. The summed E-state index contributed by atoms with van der Waals surface area (Å²) in [6, 6.07) is 0.384. The zero-order chi connectivity index (χ0) is 14.2. The first-order valence-corrected chi connectivity index (χ1v) is 6.68. The van der Waals surface area contributed by atoms with E-state index in [1.54, 1.807) is 0 Å². The van der Waals surface area contributed by atoms with E-state index in [0.717, 1.165) is 17.9 Å². The molecule has 5 heteroatoms. The standard InChI is InChI=1S/C14H23N5/c1-9(2)19-12(5)14(10(3)17-19)15-7-13-8-16-18(6)11(13)4/h8-9,15H,7H2,1-6H3. The molecule has 104 valence electrons. The lowest BCUT2D eigenvalue weighted by Gasteiger charge is -2.10. The van der Waals surface area contributed by atoms with Crippen LogP contribution in [0.5, 0.6) is 0 Å². The van der Waals surface area contributed by atoms with Crippen molar-refractivity contribution in [2.45, 2.75) is 47.2 Å². The predicted octanol–water partition coefficient (Wildman–Crippen LogP) is 2.73. The van der Waals surface area contributed by atoms with Crippen molar-refractivity contribution in [1.82, 2.24) is 19.6 Å². The zero-order valence-electron chi connectivity index (χ0n) is 12.7. The molecule has 1 N–H and O–H groups in total. The van der Waals surface area contributed by atoms with Crippen LogP contribution in [-0.4, -0.2) is 19.6 Å². The van der Waals surface area contributed by atoms with Crippen molar-refractivity contribution in [1.29, 1.82) is 0 Å². The summed E-state index contributed by atoms with van der Waals surface area (Å²) in [7, 11) is 1.96. The fraction of sp³-hybridized carbons (Fsp3) is 0.571. The molecular weight excluding hydrogens is 238 g/mol. The third-order valence-corrected chi connectivity index (χ3v) is 3.61. The molecule has 0 bridgehead atoms. The van der Waals surface area contributed by atoms with Crippen molar-refractivity contribution in [3.05, 3.63) is 28.8 Å². The second-order valence-electron chi connectivity index (χ2n) is 5.32. The molecular formula is C14H23N5. The number of hydrogen-bond donors (Lipinski definition) is 1. The Morgan fingerprint density at radius 3 is 2.37 bits per heavy atom. The molecule has 5 nitrogen and oxygen atoms in total. The molecule has 0 amide bonds. The van der Waals surface area contributed by atoms with Crippen LogP contribution in [0.1, 0.15) is 42.5 Å². The maximum atomic E-state index is 4.58. The van der Waals surface area contributed by atoms with E-state index in [2.05, 4.69) is 47.9 Å². The van der Waals surface area contributed by atoms with Gasteiger partial charge in [-0.05, 0) is 34.6 Å². The lowest BCUT2D eigenvalue weighted by Crippen LogP contribution is -2.06. The summed E-state index contributed by atoms with van der Waals surface area (Å²) in [5.41, 5.74) is 5.79. The van der Waals surface area contributed by atoms with Crippen LogP contribution in [0.3, 0.4) is 0 Å². The number of anilines is 1. The van der Waals surface area contributed by atoms with Crippen LogP contribution in [-0.2, 0) is 13.6 Å². The van der Waals surface area contributed by atoms with Gasteiger partial charge >= 0.3 is 0 Å². The fourth-order valence-corrected chi connectivity index (χ4v) is 2.32. The minimum Gasteiger partial charge on any atom is -0.378 e. The van der Waals surface area contributed by atoms with Crippen LogP contribution in [0.15, 0.2) is 6.20 Å². The first-order chi connectivity index (χ1) is 8.91. The van der Waals surface area contributed by atoms with E-state index in [1.807, 2.05) is 24.9 Å². The van der Waals surface area contributed by atoms with Gasteiger partial charge in [0.05, 0.1) is 23.3 Å². The van der Waals surface area contributed by atoms with Gasteiger partial charge < -0.3 is 5.32 Å². The highest BCUT2D eigenvalue weighted by atomic mass is 15.3. The number of aromatic nitrogens is 4. The van der Waals surface area contributed by atoms with Crippen LogP contribution >= 0.6 is 0 Å². The minimum atomic E-state index is 0.384. The van der Waals surface area contributed by atoms with E-state index in [-0.39, 0.29) is 0 Å². The Bertz CT molecular complexity index is 577. The third kappa shape index (κ3) is 2.50. The summed E-state index contributed by atoms with van der Waals surface area (Å²) in [6.45, 7) is 11.3. The molecule has 0 saturated heterocycles. The first kappa shape index (κ1) is 13.6. The van der Waals surface area contributed by atoms with Gasteiger partial charge in [0.25, 0.3) is 0 Å². The summed E-state index contributed by atoms with van der Waals surface area (Å²) >= 11 is 0. The highest BCUT2D eigenvalue weighted by Crippen LogP contribution is 2.23. The highest BCUT2D eigenvalue weighted by Gasteiger charge is 2.13. The van der Waals surface area contributed by atoms with E-state index in [0.29, 0.717) is 6.04 Å². The Kier molecular flexibility index (Phi) is 3.64. The maximum Gasteiger partial charge on any atom is 0.0828 e. The Labute approximate surface area is 114 Å². The van der Waals surface area contributed by atoms with Crippen molar-refractivity contribution in [2.75, 3.05) is 5.32 Å². The van der Waals surface area contributed by atoms with Crippen molar-refractivity contribution in [3.63, 3.8) is 0 Å². The molecule has 2 rings (SSSR count). The smallest absolute Gasteiger partial charge is 0.0828 e. The molecule has 0 radical (unpaired) electrons. The number of aryl methyl sites for hydroxylation is 2. The number of hydrogen-bond acceptors (Lipinski definition) is 3. The van der Waals surface area contributed by atoms with Gasteiger partial charge in [-0.1, -0.05) is 0 Å². The molecule has 0 aliphatic heterocycles. The molecule has 0 spiro atoms. The van der Waals surface area contributed by atoms with E-state index in [1.165, 1.54) is 17.0 Å². The second kappa shape index (κ2) is 5.07. The lowest BCUT2D eigenvalue weighted by atomic mass is 10.2. The summed E-state index contributed by atoms with van der Waals surface area (Å²) < 4.78 is 3.96. The van der Waals surface area contributed by atoms with Crippen molar-refractivity contribution >= 4 is 5.69 Å². The summed E-state index contributed by atoms with van der Waals surface area (Å²) in [4.78, 5) is 0. The zero-order valence-corrected chi connectivity index (χ0v) is 12.7. The molecule has 2 aromatic heterocycles. The Morgan fingerprint density at radius 2 is 1.89 bits per heavy atom. The third-order valence-electron chi connectivity index (χ3n) is 3.61. The Balaban J connectivity index is 2.18. The van der Waals surface area contributed by atoms with Gasteiger partial charge in [0, 0.05) is 30.9 Å². The topological polar surface area (TPSA) is 47.7 Å². The number of nitrogens with one attached hydrogen (secondary N) is 1. The van der Waals surface area contributed by atoms with E-state index >= 15 is 0 Å². The van der Waals surface area contributed by atoms with Crippen LogP contribution in [0, 0.1) is 20.8 Å². The van der Waals surface area contributed by atoms with E-state index in [4.69, 9.17) is 0 Å². The average molecular weight is 261 g/mol.